The fraction of sp³-hybridized carbons (Fsp3) is 0.533. The third kappa shape index (κ3) is 5.85. The number of carbonyl (C=O) groups is 1. The van der Waals surface area contributed by atoms with Crippen molar-refractivity contribution in [2.75, 3.05) is 25.1 Å². The van der Waals surface area contributed by atoms with Gasteiger partial charge in [0.1, 0.15) is 0 Å². The van der Waals surface area contributed by atoms with Crippen molar-refractivity contribution < 1.29 is 9.53 Å². The molecule has 0 aromatic heterocycles. The number of amides is 1. The molecule has 0 saturated heterocycles. The zero-order valence-corrected chi connectivity index (χ0v) is 12.0. The number of hydrogen-bond donors (Lipinski definition) is 2. The predicted octanol–water partition coefficient (Wildman–Crippen LogP) is 2.72. The van der Waals surface area contributed by atoms with E-state index in [9.17, 15) is 4.79 Å². The van der Waals surface area contributed by atoms with Crippen LogP contribution in [-0.4, -0.2) is 25.7 Å². The van der Waals surface area contributed by atoms with E-state index in [1.807, 2.05) is 31.2 Å². The fourth-order valence-electron chi connectivity index (χ4n) is 1.81. The Bertz CT molecular complexity index is 376. The average Bonchev–Trinajstić information content (AvgIpc) is 2.40. The molecule has 1 aromatic carbocycles. The summed E-state index contributed by atoms with van der Waals surface area (Å²) in [6.45, 7) is 8.18. The van der Waals surface area contributed by atoms with Gasteiger partial charge in [-0.05, 0) is 38.1 Å². The summed E-state index contributed by atoms with van der Waals surface area (Å²) in [7, 11) is 0. The second-order valence-corrected chi connectivity index (χ2v) is 4.40. The first-order valence-corrected chi connectivity index (χ1v) is 6.88. The van der Waals surface area contributed by atoms with Crippen LogP contribution in [0.25, 0.3) is 0 Å². The second kappa shape index (κ2) is 8.67. The summed E-state index contributed by atoms with van der Waals surface area (Å²) in [6, 6.07) is 8.26. The molecule has 0 bridgehead atoms. The van der Waals surface area contributed by atoms with Gasteiger partial charge in [-0.2, -0.15) is 0 Å². The van der Waals surface area contributed by atoms with Crippen molar-refractivity contribution in [1.82, 2.24) is 5.32 Å². The lowest BCUT2D eigenvalue weighted by Gasteiger charge is -2.13. The maximum Gasteiger partial charge on any atom is 0.226 e. The molecular weight excluding hydrogens is 240 g/mol. The molecule has 0 aliphatic heterocycles. The second-order valence-electron chi connectivity index (χ2n) is 4.40. The molecule has 1 aromatic rings. The highest BCUT2D eigenvalue weighted by Crippen LogP contribution is 2.16. The Balaban J connectivity index is 2.45. The molecular formula is C15H24N2O2. The Hall–Kier alpha value is -1.39. The van der Waals surface area contributed by atoms with Crippen molar-refractivity contribution in [1.29, 1.82) is 0 Å². The monoisotopic (exact) mass is 264 g/mol. The molecule has 0 aliphatic carbocycles. The van der Waals surface area contributed by atoms with Gasteiger partial charge in [0.15, 0.2) is 0 Å². The number of benzene rings is 1. The van der Waals surface area contributed by atoms with Crippen molar-refractivity contribution in [2.45, 2.75) is 33.2 Å². The first-order chi connectivity index (χ1) is 9.17. The molecule has 4 heteroatoms. The summed E-state index contributed by atoms with van der Waals surface area (Å²) < 4.78 is 5.15. The summed E-state index contributed by atoms with van der Waals surface area (Å²) in [4.78, 5) is 11.6. The Morgan fingerprint density at radius 3 is 2.53 bits per heavy atom. The minimum atomic E-state index is -0.0130. The molecule has 0 fully saturated rings. The van der Waals surface area contributed by atoms with Gasteiger partial charge in [-0.3, -0.25) is 4.79 Å². The number of carbonyl (C=O) groups excluding carboxylic acids is 1. The largest absolute Gasteiger partial charge is 0.381 e. The lowest BCUT2D eigenvalue weighted by atomic mass is 10.1. The molecule has 0 heterocycles. The third-order valence-electron chi connectivity index (χ3n) is 2.88. The minimum absolute atomic E-state index is 0.0130. The zero-order chi connectivity index (χ0) is 14.1. The molecule has 4 nitrogen and oxygen atoms in total. The topological polar surface area (TPSA) is 50.4 Å². The summed E-state index contributed by atoms with van der Waals surface area (Å²) in [5.41, 5.74) is 2.04. The van der Waals surface area contributed by atoms with Crippen LogP contribution in [0.3, 0.4) is 0 Å². The molecule has 0 aliphatic rings. The van der Waals surface area contributed by atoms with Crippen molar-refractivity contribution in [3.63, 3.8) is 0 Å². The first-order valence-electron chi connectivity index (χ1n) is 6.88. The Morgan fingerprint density at radius 1 is 1.26 bits per heavy atom. The van der Waals surface area contributed by atoms with Crippen LogP contribution in [0, 0.1) is 0 Å². The molecule has 0 spiro atoms. The molecule has 0 radical (unpaired) electrons. The summed E-state index contributed by atoms with van der Waals surface area (Å²) in [5.74, 6) is -0.0130. The van der Waals surface area contributed by atoms with Gasteiger partial charge in [0.2, 0.25) is 5.91 Å². The van der Waals surface area contributed by atoms with E-state index in [1.54, 1.807) is 0 Å². The van der Waals surface area contributed by atoms with Crippen molar-refractivity contribution >= 4 is 11.6 Å². The van der Waals surface area contributed by atoms with Crippen LogP contribution >= 0.6 is 0 Å². The van der Waals surface area contributed by atoms with E-state index < -0.39 is 0 Å². The lowest BCUT2D eigenvalue weighted by Crippen LogP contribution is -2.18. The Kier molecular flexibility index (Phi) is 7.15. The number of rotatable bonds is 8. The van der Waals surface area contributed by atoms with E-state index in [0.717, 1.165) is 12.2 Å². The molecule has 106 valence electrons. The Labute approximate surface area is 115 Å². The van der Waals surface area contributed by atoms with E-state index in [4.69, 9.17) is 4.74 Å². The van der Waals surface area contributed by atoms with Gasteiger partial charge in [0.05, 0.1) is 13.0 Å². The van der Waals surface area contributed by atoms with Crippen LogP contribution < -0.4 is 10.6 Å². The van der Waals surface area contributed by atoms with Crippen LogP contribution in [-0.2, 0) is 9.53 Å². The maximum atomic E-state index is 11.6. The van der Waals surface area contributed by atoms with Crippen molar-refractivity contribution in [2.24, 2.45) is 0 Å². The molecule has 1 atom stereocenters. The highest BCUT2D eigenvalue weighted by Gasteiger charge is 2.05. The van der Waals surface area contributed by atoms with Gasteiger partial charge >= 0.3 is 0 Å². The normalized spacial score (nSPS) is 12.2. The quantitative estimate of drug-likeness (QED) is 0.710. The fourth-order valence-corrected chi connectivity index (χ4v) is 1.81. The van der Waals surface area contributed by atoms with E-state index >= 15 is 0 Å². The molecule has 19 heavy (non-hydrogen) atoms. The van der Waals surface area contributed by atoms with Crippen LogP contribution in [0.5, 0.6) is 0 Å². The van der Waals surface area contributed by atoms with Crippen LogP contribution in [0.15, 0.2) is 24.3 Å². The number of hydrogen-bond acceptors (Lipinski definition) is 3. The van der Waals surface area contributed by atoms with Crippen molar-refractivity contribution in [3.05, 3.63) is 29.8 Å². The number of nitrogens with one attached hydrogen (secondary N) is 2. The summed E-state index contributed by atoms with van der Waals surface area (Å²) in [6.07, 6.45) is 0.392. The predicted molar refractivity (Wildman–Crippen MR) is 78.3 cm³/mol. The van der Waals surface area contributed by atoms with Gasteiger partial charge in [-0.25, -0.2) is 0 Å². The van der Waals surface area contributed by atoms with Gasteiger partial charge in [0, 0.05) is 18.3 Å². The van der Waals surface area contributed by atoms with Crippen LogP contribution in [0.2, 0.25) is 0 Å². The van der Waals surface area contributed by atoms with Gasteiger partial charge < -0.3 is 15.4 Å². The van der Waals surface area contributed by atoms with Gasteiger partial charge in [0.25, 0.3) is 0 Å². The van der Waals surface area contributed by atoms with Crippen LogP contribution in [0.1, 0.15) is 38.8 Å². The standard InChI is InChI=1S/C15H24N2O2/c1-4-16-12(3)13-6-8-14(9-7-13)17-15(18)10-11-19-5-2/h6-9,12,16H,4-5,10-11H2,1-3H3,(H,17,18). The maximum absolute atomic E-state index is 11.6. The lowest BCUT2D eigenvalue weighted by molar-refractivity contribution is -0.117. The highest BCUT2D eigenvalue weighted by molar-refractivity contribution is 5.90. The molecule has 1 unspecified atom stereocenters. The SMILES string of the molecule is CCNC(C)c1ccc(NC(=O)CCOCC)cc1. The molecule has 2 N–H and O–H groups in total. The summed E-state index contributed by atoms with van der Waals surface area (Å²) in [5, 5.41) is 6.21. The zero-order valence-electron chi connectivity index (χ0n) is 12.0. The smallest absolute Gasteiger partial charge is 0.226 e. The molecule has 1 amide bonds. The Morgan fingerprint density at radius 2 is 1.95 bits per heavy atom. The number of anilines is 1. The van der Waals surface area contributed by atoms with Gasteiger partial charge in [-0.1, -0.05) is 19.1 Å². The van der Waals surface area contributed by atoms with E-state index in [2.05, 4.69) is 24.5 Å². The highest BCUT2D eigenvalue weighted by atomic mass is 16.5. The van der Waals surface area contributed by atoms with Gasteiger partial charge in [-0.15, -0.1) is 0 Å². The third-order valence-corrected chi connectivity index (χ3v) is 2.88. The molecule has 1 rings (SSSR count). The molecule has 0 saturated carbocycles. The van der Waals surface area contributed by atoms with E-state index in [-0.39, 0.29) is 5.91 Å². The van der Waals surface area contributed by atoms with E-state index in [1.165, 1.54) is 5.56 Å². The van der Waals surface area contributed by atoms with Crippen molar-refractivity contribution in [3.8, 4) is 0 Å². The van der Waals surface area contributed by atoms with E-state index in [0.29, 0.717) is 25.7 Å². The minimum Gasteiger partial charge on any atom is -0.381 e. The average molecular weight is 264 g/mol. The van der Waals surface area contributed by atoms with Crippen LogP contribution in [0.4, 0.5) is 5.69 Å². The first kappa shape index (κ1) is 15.7. The number of ether oxygens (including phenoxy) is 1. The summed E-state index contributed by atoms with van der Waals surface area (Å²) >= 11 is 0.